The number of rotatable bonds is 4. The molecule has 0 radical (unpaired) electrons. The van der Waals surface area contributed by atoms with Gasteiger partial charge in [-0.15, -0.1) is 0 Å². The average Bonchev–Trinajstić information content (AvgIpc) is 2.47. The number of hydrogen-bond donors (Lipinski definition) is 1. The van der Waals surface area contributed by atoms with E-state index in [4.69, 9.17) is 9.84 Å². The second kappa shape index (κ2) is 7.15. The molecule has 1 amide bonds. The summed E-state index contributed by atoms with van der Waals surface area (Å²) in [7, 11) is 0. The predicted octanol–water partition coefficient (Wildman–Crippen LogP) is 2.20. The van der Waals surface area contributed by atoms with Crippen LogP contribution >= 0.6 is 15.9 Å². The number of likely N-dealkylation sites (tertiary alicyclic amines) is 1. The van der Waals surface area contributed by atoms with Crippen LogP contribution in [0.1, 0.15) is 23.2 Å². The molecule has 0 spiro atoms. The number of aliphatic hydroxyl groups is 1. The molecule has 0 aromatic heterocycles. The zero-order valence-electron chi connectivity index (χ0n) is 11.0. The first-order chi connectivity index (χ1) is 9.61. The normalized spacial score (nSPS) is 16.4. The largest absolute Gasteiger partial charge is 0.394 e. The fourth-order valence-electron chi connectivity index (χ4n) is 2.28. The maximum Gasteiger partial charge on any atom is 0.255 e. The van der Waals surface area contributed by atoms with E-state index in [9.17, 15) is 9.18 Å². The Morgan fingerprint density at radius 3 is 2.80 bits per heavy atom. The third kappa shape index (κ3) is 3.77. The molecule has 2 rings (SSSR count). The minimum atomic E-state index is -0.419. The number of aliphatic hydroxyl groups excluding tert-OH is 1. The Morgan fingerprint density at radius 1 is 1.45 bits per heavy atom. The molecular weight excluding hydrogens is 329 g/mol. The molecule has 1 saturated heterocycles. The lowest BCUT2D eigenvalue weighted by Gasteiger charge is -2.32. The second-order valence-corrected chi connectivity index (χ2v) is 5.56. The average molecular weight is 346 g/mol. The summed E-state index contributed by atoms with van der Waals surface area (Å²) in [5, 5.41) is 8.71. The lowest BCUT2D eigenvalue weighted by molar-refractivity contribution is -0.00556. The minimum Gasteiger partial charge on any atom is -0.394 e. The Hall–Kier alpha value is -0.980. The van der Waals surface area contributed by atoms with Crippen LogP contribution in [0.25, 0.3) is 0 Å². The molecule has 1 heterocycles. The molecular formula is C14H17BrFNO3. The van der Waals surface area contributed by atoms with Gasteiger partial charge in [-0.05, 0) is 47.0 Å². The van der Waals surface area contributed by atoms with E-state index >= 15 is 0 Å². The van der Waals surface area contributed by atoms with Crippen LogP contribution in [-0.2, 0) is 4.74 Å². The quantitative estimate of drug-likeness (QED) is 0.910. The highest BCUT2D eigenvalue weighted by Gasteiger charge is 2.25. The van der Waals surface area contributed by atoms with Gasteiger partial charge in [0, 0.05) is 17.6 Å². The smallest absolute Gasteiger partial charge is 0.255 e. The fourth-order valence-corrected chi connectivity index (χ4v) is 2.69. The molecule has 1 aliphatic heterocycles. The Balaban J connectivity index is 1.96. The number of nitrogens with zero attached hydrogens (tertiary/aromatic N) is 1. The Bertz CT molecular complexity index is 475. The maximum absolute atomic E-state index is 13.2. The van der Waals surface area contributed by atoms with Gasteiger partial charge in [-0.25, -0.2) is 4.39 Å². The van der Waals surface area contributed by atoms with E-state index in [1.807, 2.05) is 0 Å². The molecule has 1 aromatic carbocycles. The number of ether oxygens (including phenoxy) is 1. The molecule has 1 aromatic rings. The first kappa shape index (κ1) is 15.4. The van der Waals surface area contributed by atoms with Gasteiger partial charge < -0.3 is 14.7 Å². The van der Waals surface area contributed by atoms with Gasteiger partial charge in [0.25, 0.3) is 5.91 Å². The molecule has 6 heteroatoms. The third-order valence-corrected chi connectivity index (χ3v) is 4.02. The van der Waals surface area contributed by atoms with Gasteiger partial charge in [-0.3, -0.25) is 4.79 Å². The highest BCUT2D eigenvalue weighted by Crippen LogP contribution is 2.22. The van der Waals surface area contributed by atoms with Gasteiger partial charge >= 0.3 is 0 Å². The Labute approximate surface area is 125 Å². The summed E-state index contributed by atoms with van der Waals surface area (Å²) in [5.74, 6) is -0.588. The van der Waals surface area contributed by atoms with Gasteiger partial charge in [-0.1, -0.05) is 0 Å². The highest BCUT2D eigenvalue weighted by atomic mass is 79.9. The molecule has 20 heavy (non-hydrogen) atoms. The fraction of sp³-hybridized carbons (Fsp3) is 0.500. The highest BCUT2D eigenvalue weighted by molar-refractivity contribution is 9.10. The van der Waals surface area contributed by atoms with Crippen LogP contribution in [0.3, 0.4) is 0 Å². The van der Waals surface area contributed by atoms with Crippen molar-refractivity contribution in [2.75, 3.05) is 26.3 Å². The van der Waals surface area contributed by atoms with Crippen molar-refractivity contribution in [3.8, 4) is 0 Å². The number of carbonyl (C=O) groups is 1. The second-order valence-electron chi connectivity index (χ2n) is 4.71. The first-order valence-electron chi connectivity index (χ1n) is 6.58. The topological polar surface area (TPSA) is 49.8 Å². The zero-order chi connectivity index (χ0) is 14.5. The number of hydrogen-bond acceptors (Lipinski definition) is 3. The molecule has 0 aliphatic carbocycles. The summed E-state index contributed by atoms with van der Waals surface area (Å²) >= 11 is 3.28. The number of amides is 1. The van der Waals surface area contributed by atoms with Crippen LogP contribution in [0.15, 0.2) is 22.7 Å². The van der Waals surface area contributed by atoms with Crippen molar-refractivity contribution in [1.82, 2.24) is 4.90 Å². The summed E-state index contributed by atoms with van der Waals surface area (Å²) in [5.41, 5.74) is 0.347. The van der Waals surface area contributed by atoms with E-state index in [-0.39, 0.29) is 18.6 Å². The van der Waals surface area contributed by atoms with Gasteiger partial charge in [0.2, 0.25) is 0 Å². The minimum absolute atomic E-state index is 0.00931. The summed E-state index contributed by atoms with van der Waals surface area (Å²) in [6.45, 7) is 1.50. The van der Waals surface area contributed by atoms with Gasteiger partial charge in [0.05, 0.1) is 24.9 Å². The standard InChI is InChI=1S/C14H17BrFNO3/c15-13-2-1-10(16)9-12(13)14(19)17-5-3-11(4-6-17)20-8-7-18/h1-2,9,11,18H,3-8H2. The molecule has 1 N–H and O–H groups in total. The molecule has 110 valence electrons. The monoisotopic (exact) mass is 345 g/mol. The number of piperidine rings is 1. The first-order valence-corrected chi connectivity index (χ1v) is 7.38. The lowest BCUT2D eigenvalue weighted by Crippen LogP contribution is -2.41. The van der Waals surface area contributed by atoms with Crippen LogP contribution in [0, 0.1) is 5.82 Å². The van der Waals surface area contributed by atoms with Crippen LogP contribution in [0.4, 0.5) is 4.39 Å². The zero-order valence-corrected chi connectivity index (χ0v) is 12.6. The molecule has 0 unspecified atom stereocenters. The van der Waals surface area contributed by atoms with E-state index in [0.717, 1.165) is 12.8 Å². The van der Waals surface area contributed by atoms with Crippen LogP contribution in [0.5, 0.6) is 0 Å². The van der Waals surface area contributed by atoms with Crippen molar-refractivity contribution < 1.29 is 19.0 Å². The van der Waals surface area contributed by atoms with Crippen molar-refractivity contribution in [3.05, 3.63) is 34.1 Å². The third-order valence-electron chi connectivity index (χ3n) is 3.33. The number of benzene rings is 1. The van der Waals surface area contributed by atoms with Crippen molar-refractivity contribution in [1.29, 1.82) is 0 Å². The molecule has 0 atom stereocenters. The molecule has 0 bridgehead atoms. The van der Waals surface area contributed by atoms with E-state index in [1.54, 1.807) is 11.0 Å². The predicted molar refractivity (Wildman–Crippen MR) is 76.1 cm³/mol. The van der Waals surface area contributed by atoms with E-state index < -0.39 is 5.82 Å². The van der Waals surface area contributed by atoms with E-state index in [2.05, 4.69) is 15.9 Å². The Kier molecular flexibility index (Phi) is 5.51. The number of halogens is 2. The van der Waals surface area contributed by atoms with Crippen molar-refractivity contribution >= 4 is 21.8 Å². The molecule has 1 fully saturated rings. The van der Waals surface area contributed by atoms with E-state index in [0.29, 0.717) is 29.7 Å². The van der Waals surface area contributed by atoms with Crippen LogP contribution in [0.2, 0.25) is 0 Å². The van der Waals surface area contributed by atoms with E-state index in [1.165, 1.54) is 12.1 Å². The van der Waals surface area contributed by atoms with Crippen molar-refractivity contribution in [2.45, 2.75) is 18.9 Å². The molecule has 1 aliphatic rings. The molecule has 0 saturated carbocycles. The van der Waals surface area contributed by atoms with Gasteiger partial charge in [-0.2, -0.15) is 0 Å². The summed E-state index contributed by atoms with van der Waals surface area (Å²) < 4.78 is 19.3. The van der Waals surface area contributed by atoms with Crippen molar-refractivity contribution in [2.24, 2.45) is 0 Å². The van der Waals surface area contributed by atoms with Crippen LogP contribution < -0.4 is 0 Å². The summed E-state index contributed by atoms with van der Waals surface area (Å²) in [6, 6.07) is 4.11. The number of carbonyl (C=O) groups excluding carboxylic acids is 1. The molecule has 4 nitrogen and oxygen atoms in total. The van der Waals surface area contributed by atoms with Crippen LogP contribution in [-0.4, -0.2) is 48.3 Å². The Morgan fingerprint density at radius 2 is 2.15 bits per heavy atom. The summed E-state index contributed by atoms with van der Waals surface area (Å²) in [4.78, 5) is 14.0. The SMILES string of the molecule is O=C(c1cc(F)ccc1Br)N1CCC(OCCO)CC1. The maximum atomic E-state index is 13.2. The van der Waals surface area contributed by atoms with Gasteiger partial charge in [0.1, 0.15) is 5.82 Å². The van der Waals surface area contributed by atoms with Gasteiger partial charge in [0.15, 0.2) is 0 Å². The lowest BCUT2D eigenvalue weighted by atomic mass is 10.1. The van der Waals surface area contributed by atoms with Crippen molar-refractivity contribution in [3.63, 3.8) is 0 Å². The summed E-state index contributed by atoms with van der Waals surface area (Å²) in [6.07, 6.45) is 1.55.